The molecule has 38 heavy (non-hydrogen) atoms. The van der Waals surface area contributed by atoms with Crippen molar-refractivity contribution in [2.45, 2.75) is 6.92 Å². The Morgan fingerprint density at radius 3 is 0.842 bits per heavy atom. The lowest BCUT2D eigenvalue weighted by atomic mass is 9.37. The maximum atomic E-state index is 10.9. The van der Waals surface area contributed by atoms with Crippen LogP contribution in [0.15, 0.2) is 97.1 Å². The van der Waals surface area contributed by atoms with Gasteiger partial charge in [-0.25, -0.2) is 0 Å². The molecule has 0 aromatic heterocycles. The van der Waals surface area contributed by atoms with Gasteiger partial charge in [-0.1, -0.05) is 70.5 Å². The Bertz CT molecular complexity index is 1320. The molecule has 4 aromatic carbocycles. The largest absolute Gasteiger partial charge is 0.269 e. The predicted octanol–water partition coefficient (Wildman–Crippen LogP) is 3.83. The van der Waals surface area contributed by atoms with Crippen LogP contribution < -0.4 is 16.4 Å². The lowest BCUT2D eigenvalue weighted by molar-refractivity contribution is -0.385. The van der Waals surface area contributed by atoms with Gasteiger partial charge in [0.05, 0.1) is 19.7 Å². The number of benzene rings is 4. The van der Waals surface area contributed by atoms with Gasteiger partial charge in [-0.05, 0) is 6.92 Å². The number of aryl methyl sites for hydroxylation is 1. The number of hydrogen-bond acceptors (Lipinski definition) is 8. The molecular formula is C25H19BN4O8. The molecular weight excluding hydrogens is 495 g/mol. The van der Waals surface area contributed by atoms with Crippen molar-refractivity contribution in [3.63, 3.8) is 0 Å². The quantitative estimate of drug-likeness (QED) is 0.203. The Hall–Kier alpha value is -5.46. The third kappa shape index (κ3) is 6.82. The second-order valence-electron chi connectivity index (χ2n) is 8.07. The second-order valence-corrected chi connectivity index (χ2v) is 8.07. The molecule has 0 saturated heterocycles. The average Bonchev–Trinajstić information content (AvgIpc) is 2.90. The smallest absolute Gasteiger partial charge is 0.258 e. The van der Waals surface area contributed by atoms with Crippen molar-refractivity contribution in [2.24, 2.45) is 0 Å². The highest BCUT2D eigenvalue weighted by molar-refractivity contribution is 6.95. The van der Waals surface area contributed by atoms with E-state index in [-0.39, 0.29) is 22.7 Å². The molecule has 0 aliphatic heterocycles. The van der Waals surface area contributed by atoms with Crippen molar-refractivity contribution in [1.82, 2.24) is 0 Å². The third-order valence-corrected chi connectivity index (χ3v) is 5.56. The molecule has 4 rings (SSSR count). The van der Waals surface area contributed by atoms with Gasteiger partial charge in [-0.3, -0.25) is 40.5 Å². The summed E-state index contributed by atoms with van der Waals surface area (Å²) in [5, 5.41) is 42.8. The van der Waals surface area contributed by atoms with E-state index >= 15 is 0 Å². The Labute approximate surface area is 215 Å². The molecule has 4 aromatic rings. The van der Waals surface area contributed by atoms with Crippen LogP contribution in [0.25, 0.3) is 0 Å². The molecule has 0 atom stereocenters. The maximum Gasteiger partial charge on any atom is 0.269 e. The van der Waals surface area contributed by atoms with E-state index in [1.807, 2.05) is 6.92 Å². The van der Waals surface area contributed by atoms with E-state index in [9.17, 15) is 40.5 Å². The van der Waals surface area contributed by atoms with Crippen LogP contribution in [0.2, 0.25) is 0 Å². The van der Waals surface area contributed by atoms with Gasteiger partial charge in [0.1, 0.15) is 0 Å². The van der Waals surface area contributed by atoms with Crippen molar-refractivity contribution < 1.29 is 19.7 Å². The minimum absolute atomic E-state index is 0.0603. The number of nitro benzene ring substituents is 4. The lowest BCUT2D eigenvalue weighted by Gasteiger charge is -2.15. The van der Waals surface area contributed by atoms with Crippen molar-refractivity contribution in [2.75, 3.05) is 0 Å². The first-order valence-corrected chi connectivity index (χ1v) is 11.0. The first kappa shape index (κ1) is 27.1. The first-order chi connectivity index (χ1) is 18.1. The SMILES string of the molecule is Cc1ccc([N+](=O)[O-])cc1.O=[N+]([O-])c1ccc(B(c2ccc([N+](=O)[O-])cc2)c2ccc([N+](=O)[O-])cc2)cc1. The van der Waals surface area contributed by atoms with Crippen LogP contribution in [0.3, 0.4) is 0 Å². The summed E-state index contributed by atoms with van der Waals surface area (Å²) >= 11 is 0. The van der Waals surface area contributed by atoms with E-state index in [0.717, 1.165) is 5.56 Å². The molecule has 13 heteroatoms. The van der Waals surface area contributed by atoms with Crippen LogP contribution in [0, 0.1) is 47.4 Å². The van der Waals surface area contributed by atoms with E-state index < -0.39 is 26.4 Å². The van der Waals surface area contributed by atoms with Crippen LogP contribution in [-0.4, -0.2) is 26.4 Å². The Morgan fingerprint density at radius 2 is 0.632 bits per heavy atom. The van der Waals surface area contributed by atoms with Crippen molar-refractivity contribution in [1.29, 1.82) is 0 Å². The number of non-ortho nitro benzene ring substituents is 4. The number of nitro groups is 4. The highest BCUT2D eigenvalue weighted by atomic mass is 16.6. The fourth-order valence-corrected chi connectivity index (χ4v) is 3.61. The summed E-state index contributed by atoms with van der Waals surface area (Å²) < 4.78 is 0. The van der Waals surface area contributed by atoms with Gasteiger partial charge in [0, 0.05) is 48.5 Å². The fraction of sp³-hybridized carbons (Fsp3) is 0.0400. The summed E-state index contributed by atoms with van der Waals surface area (Å²) in [5.74, 6) is 0. The molecule has 190 valence electrons. The summed E-state index contributed by atoms with van der Waals surface area (Å²) in [6, 6.07) is 24.3. The number of nitrogens with zero attached hydrogens (tertiary/aromatic N) is 4. The third-order valence-electron chi connectivity index (χ3n) is 5.56. The molecule has 0 heterocycles. The topological polar surface area (TPSA) is 173 Å². The summed E-state index contributed by atoms with van der Waals surface area (Å²) in [5.41, 5.74) is 3.14. The molecule has 0 saturated carbocycles. The average molecular weight is 514 g/mol. The van der Waals surface area contributed by atoms with Crippen LogP contribution in [0.4, 0.5) is 22.7 Å². The Morgan fingerprint density at radius 1 is 0.421 bits per heavy atom. The van der Waals surface area contributed by atoms with E-state index in [4.69, 9.17) is 0 Å². The van der Waals surface area contributed by atoms with Crippen LogP contribution in [-0.2, 0) is 0 Å². The lowest BCUT2D eigenvalue weighted by Crippen LogP contribution is -2.51. The van der Waals surface area contributed by atoms with E-state index in [1.54, 1.807) is 48.5 Å². The molecule has 0 N–H and O–H groups in total. The molecule has 0 aliphatic rings. The fourth-order valence-electron chi connectivity index (χ4n) is 3.61. The van der Waals surface area contributed by atoms with Gasteiger partial charge in [0.25, 0.3) is 22.7 Å². The minimum atomic E-state index is -0.503. The Balaban J connectivity index is 0.000000336. The summed E-state index contributed by atoms with van der Waals surface area (Å²) in [7, 11) is 0. The molecule has 0 unspecified atom stereocenters. The molecule has 0 amide bonds. The normalized spacial score (nSPS) is 10.0. The maximum absolute atomic E-state index is 10.9. The standard InChI is InChI=1S/C18H12BN3O6.C7H7NO2/c23-20(24)16-7-1-13(2-8-16)19(14-3-9-17(10-4-14)21(25)26)15-5-11-18(12-6-15)22(27)28;1-6-2-4-7(5-3-6)8(9)10/h1-12H;2-5H,1H3. The van der Waals surface area contributed by atoms with Crippen LogP contribution in [0.1, 0.15) is 5.56 Å². The Kier molecular flexibility index (Phi) is 8.56. The number of hydrogen-bond donors (Lipinski definition) is 0. The molecule has 0 fully saturated rings. The van der Waals surface area contributed by atoms with E-state index in [1.165, 1.54) is 48.5 Å². The van der Waals surface area contributed by atoms with Gasteiger partial charge in [-0.2, -0.15) is 0 Å². The van der Waals surface area contributed by atoms with E-state index in [0.29, 0.717) is 16.4 Å². The van der Waals surface area contributed by atoms with Crippen molar-refractivity contribution in [3.05, 3.63) is 143 Å². The van der Waals surface area contributed by atoms with Crippen LogP contribution in [0.5, 0.6) is 0 Å². The zero-order valence-electron chi connectivity index (χ0n) is 19.9. The van der Waals surface area contributed by atoms with Crippen molar-refractivity contribution >= 4 is 45.9 Å². The highest BCUT2D eigenvalue weighted by Gasteiger charge is 2.24. The zero-order chi connectivity index (χ0) is 27.8. The molecule has 0 spiro atoms. The summed E-state index contributed by atoms with van der Waals surface area (Å²) in [6.07, 6.45) is 0. The molecule has 0 aliphatic carbocycles. The highest BCUT2D eigenvalue weighted by Crippen LogP contribution is 2.12. The van der Waals surface area contributed by atoms with Gasteiger partial charge < -0.3 is 0 Å². The van der Waals surface area contributed by atoms with Gasteiger partial charge >= 0.3 is 0 Å². The summed E-state index contributed by atoms with van der Waals surface area (Å²) in [4.78, 5) is 40.9. The minimum Gasteiger partial charge on any atom is -0.258 e. The zero-order valence-corrected chi connectivity index (χ0v) is 19.9. The van der Waals surface area contributed by atoms with Gasteiger partial charge in [0.15, 0.2) is 0 Å². The summed E-state index contributed by atoms with van der Waals surface area (Å²) in [6.45, 7) is 1.49. The molecule has 12 nitrogen and oxygen atoms in total. The van der Waals surface area contributed by atoms with Gasteiger partial charge in [-0.15, -0.1) is 0 Å². The van der Waals surface area contributed by atoms with Crippen molar-refractivity contribution in [3.8, 4) is 0 Å². The predicted molar refractivity (Wildman–Crippen MR) is 142 cm³/mol. The molecule has 0 bridgehead atoms. The monoisotopic (exact) mass is 514 g/mol. The second kappa shape index (κ2) is 12.0. The van der Waals surface area contributed by atoms with Gasteiger partial charge in [0.2, 0.25) is 6.71 Å². The van der Waals surface area contributed by atoms with E-state index in [2.05, 4.69) is 0 Å². The number of rotatable bonds is 7. The first-order valence-electron chi connectivity index (χ1n) is 11.0. The van der Waals surface area contributed by atoms with Crippen LogP contribution >= 0.6 is 0 Å². The molecule has 0 radical (unpaired) electrons.